The van der Waals surface area contributed by atoms with Crippen LogP contribution in [-0.4, -0.2) is 47.8 Å². The molecular weight excluding hydrogens is 344 g/mol. The number of methoxy groups -OCH3 is 2. The molecule has 2 atom stereocenters. The van der Waals surface area contributed by atoms with Crippen LogP contribution < -0.4 is 9.47 Å². The highest BCUT2D eigenvalue weighted by atomic mass is 16.5. The number of nitrogens with zero attached hydrogens (tertiary/aromatic N) is 2. The summed E-state index contributed by atoms with van der Waals surface area (Å²) in [6.07, 6.45) is 6.10. The SMILES string of the molecule is COc1cccc(C(c2ccncc2C)N2CCCCC2C(=O)O)c1OC. The van der Waals surface area contributed by atoms with Crippen LogP contribution in [0.4, 0.5) is 0 Å². The summed E-state index contributed by atoms with van der Waals surface area (Å²) in [5, 5.41) is 9.84. The summed E-state index contributed by atoms with van der Waals surface area (Å²) in [6, 6.07) is 6.93. The number of likely N-dealkylation sites (tertiary alicyclic amines) is 1. The van der Waals surface area contributed by atoms with Gasteiger partial charge in [-0.1, -0.05) is 18.6 Å². The Morgan fingerprint density at radius 2 is 2.04 bits per heavy atom. The Labute approximate surface area is 159 Å². The van der Waals surface area contributed by atoms with Gasteiger partial charge in [-0.25, -0.2) is 0 Å². The molecule has 3 rings (SSSR count). The van der Waals surface area contributed by atoms with E-state index in [0.29, 0.717) is 24.5 Å². The molecule has 1 aliphatic rings. The minimum Gasteiger partial charge on any atom is -0.493 e. The van der Waals surface area contributed by atoms with Crippen molar-refractivity contribution in [3.8, 4) is 11.5 Å². The number of carbonyl (C=O) groups is 1. The number of aliphatic carboxylic acids is 1. The number of carboxylic acids is 1. The second-order valence-corrected chi connectivity index (χ2v) is 6.81. The van der Waals surface area contributed by atoms with Crippen molar-refractivity contribution in [3.05, 3.63) is 53.3 Å². The summed E-state index contributed by atoms with van der Waals surface area (Å²) in [6.45, 7) is 2.71. The van der Waals surface area contributed by atoms with Gasteiger partial charge in [0.2, 0.25) is 0 Å². The van der Waals surface area contributed by atoms with Crippen molar-refractivity contribution in [1.29, 1.82) is 0 Å². The summed E-state index contributed by atoms with van der Waals surface area (Å²) in [5.74, 6) is 0.486. The monoisotopic (exact) mass is 370 g/mol. The molecule has 2 aromatic rings. The highest BCUT2D eigenvalue weighted by molar-refractivity contribution is 5.74. The average Bonchev–Trinajstić information content (AvgIpc) is 2.69. The molecule has 0 radical (unpaired) electrons. The van der Waals surface area contributed by atoms with E-state index < -0.39 is 12.0 Å². The fraction of sp³-hybridized carbons (Fsp3) is 0.429. The molecule has 27 heavy (non-hydrogen) atoms. The van der Waals surface area contributed by atoms with Gasteiger partial charge in [0.25, 0.3) is 0 Å². The normalized spacial score (nSPS) is 18.7. The molecule has 0 amide bonds. The van der Waals surface area contributed by atoms with Crippen LogP contribution in [0.3, 0.4) is 0 Å². The minimum absolute atomic E-state index is 0.251. The first-order chi connectivity index (χ1) is 13.1. The van der Waals surface area contributed by atoms with E-state index in [1.807, 2.05) is 37.4 Å². The summed E-state index contributed by atoms with van der Waals surface area (Å²) >= 11 is 0. The average molecular weight is 370 g/mol. The molecule has 144 valence electrons. The predicted molar refractivity (Wildman–Crippen MR) is 102 cm³/mol. The van der Waals surface area contributed by atoms with E-state index in [-0.39, 0.29) is 6.04 Å². The number of benzene rings is 1. The molecule has 1 fully saturated rings. The highest BCUT2D eigenvalue weighted by Crippen LogP contribution is 2.42. The molecule has 0 bridgehead atoms. The lowest BCUT2D eigenvalue weighted by atomic mass is 9.89. The Balaban J connectivity index is 2.20. The maximum atomic E-state index is 12.0. The second kappa shape index (κ2) is 8.39. The van der Waals surface area contributed by atoms with Crippen LogP contribution in [0.2, 0.25) is 0 Å². The van der Waals surface area contributed by atoms with Crippen molar-refractivity contribution < 1.29 is 19.4 Å². The largest absolute Gasteiger partial charge is 0.493 e. The van der Waals surface area contributed by atoms with Crippen molar-refractivity contribution in [2.45, 2.75) is 38.3 Å². The zero-order valence-corrected chi connectivity index (χ0v) is 16.0. The molecule has 1 saturated heterocycles. The Morgan fingerprint density at radius 3 is 2.70 bits per heavy atom. The fourth-order valence-corrected chi connectivity index (χ4v) is 3.97. The molecule has 6 nitrogen and oxygen atoms in total. The van der Waals surface area contributed by atoms with Crippen molar-refractivity contribution in [3.63, 3.8) is 0 Å². The zero-order chi connectivity index (χ0) is 19.4. The minimum atomic E-state index is -0.784. The number of pyridine rings is 1. The van der Waals surface area contributed by atoms with Crippen LogP contribution in [-0.2, 0) is 4.79 Å². The number of para-hydroxylation sites is 1. The maximum absolute atomic E-state index is 12.0. The van der Waals surface area contributed by atoms with Gasteiger partial charge in [-0.3, -0.25) is 14.7 Å². The lowest BCUT2D eigenvalue weighted by Gasteiger charge is -2.40. The van der Waals surface area contributed by atoms with Crippen molar-refractivity contribution in [2.24, 2.45) is 0 Å². The van der Waals surface area contributed by atoms with Crippen LogP contribution >= 0.6 is 0 Å². The first-order valence-corrected chi connectivity index (χ1v) is 9.18. The molecule has 0 aliphatic carbocycles. The van der Waals surface area contributed by atoms with E-state index in [4.69, 9.17) is 9.47 Å². The number of carboxylic acid groups (broad SMARTS) is 1. The van der Waals surface area contributed by atoms with Crippen LogP contribution in [0.25, 0.3) is 0 Å². The Hall–Kier alpha value is -2.60. The summed E-state index contributed by atoms with van der Waals surface area (Å²) < 4.78 is 11.2. The molecule has 0 spiro atoms. The van der Waals surface area contributed by atoms with Gasteiger partial charge in [0.05, 0.1) is 20.3 Å². The van der Waals surface area contributed by atoms with E-state index >= 15 is 0 Å². The van der Waals surface area contributed by atoms with Crippen molar-refractivity contribution >= 4 is 5.97 Å². The molecule has 6 heteroatoms. The Kier molecular flexibility index (Phi) is 5.96. The van der Waals surface area contributed by atoms with Gasteiger partial charge in [-0.05, 0) is 49.6 Å². The van der Waals surface area contributed by atoms with Crippen LogP contribution in [0.1, 0.15) is 42.0 Å². The highest BCUT2D eigenvalue weighted by Gasteiger charge is 2.37. The smallest absolute Gasteiger partial charge is 0.320 e. The second-order valence-electron chi connectivity index (χ2n) is 6.81. The number of piperidine rings is 1. The third-order valence-electron chi connectivity index (χ3n) is 5.25. The lowest BCUT2D eigenvalue weighted by Crippen LogP contribution is -2.47. The van der Waals surface area contributed by atoms with Crippen LogP contribution in [0, 0.1) is 6.92 Å². The molecule has 2 unspecified atom stereocenters. The van der Waals surface area contributed by atoms with Gasteiger partial charge in [-0.15, -0.1) is 0 Å². The van der Waals surface area contributed by atoms with Gasteiger partial charge in [-0.2, -0.15) is 0 Å². The van der Waals surface area contributed by atoms with Gasteiger partial charge in [0, 0.05) is 18.0 Å². The van der Waals surface area contributed by atoms with Gasteiger partial charge >= 0.3 is 5.97 Å². The van der Waals surface area contributed by atoms with E-state index in [2.05, 4.69) is 9.88 Å². The summed E-state index contributed by atoms with van der Waals surface area (Å²) in [4.78, 5) is 18.3. The lowest BCUT2D eigenvalue weighted by molar-refractivity contribution is -0.145. The molecular formula is C21H26N2O4. The maximum Gasteiger partial charge on any atom is 0.320 e. The molecule has 2 heterocycles. The van der Waals surface area contributed by atoms with Gasteiger partial charge < -0.3 is 14.6 Å². The standard InChI is InChI=1S/C21H26N2O4/c1-14-13-22-11-10-15(14)19(23-12-5-4-8-17(23)21(24)25)16-7-6-9-18(26-2)20(16)27-3/h6-7,9-11,13,17,19H,4-5,8,12H2,1-3H3,(H,24,25). The number of ether oxygens (including phenoxy) is 2. The molecule has 1 aromatic carbocycles. The predicted octanol–water partition coefficient (Wildman–Crippen LogP) is 3.44. The fourth-order valence-electron chi connectivity index (χ4n) is 3.97. The van der Waals surface area contributed by atoms with E-state index in [1.54, 1.807) is 20.4 Å². The van der Waals surface area contributed by atoms with E-state index in [1.165, 1.54) is 0 Å². The Bertz CT molecular complexity index is 809. The number of rotatable bonds is 6. The number of aryl methyl sites for hydroxylation is 1. The summed E-state index contributed by atoms with van der Waals surface area (Å²) in [5.41, 5.74) is 2.95. The number of hydrogen-bond donors (Lipinski definition) is 1. The summed E-state index contributed by atoms with van der Waals surface area (Å²) in [7, 11) is 3.22. The van der Waals surface area contributed by atoms with Crippen molar-refractivity contribution in [2.75, 3.05) is 20.8 Å². The van der Waals surface area contributed by atoms with Crippen molar-refractivity contribution in [1.82, 2.24) is 9.88 Å². The molecule has 1 aromatic heterocycles. The van der Waals surface area contributed by atoms with Crippen LogP contribution in [0.15, 0.2) is 36.7 Å². The molecule has 0 saturated carbocycles. The Morgan fingerprint density at radius 1 is 1.22 bits per heavy atom. The number of hydrogen-bond acceptors (Lipinski definition) is 5. The van der Waals surface area contributed by atoms with E-state index in [0.717, 1.165) is 29.5 Å². The first kappa shape index (κ1) is 19.2. The van der Waals surface area contributed by atoms with Gasteiger partial charge in [0.1, 0.15) is 6.04 Å². The first-order valence-electron chi connectivity index (χ1n) is 9.18. The van der Waals surface area contributed by atoms with E-state index in [9.17, 15) is 9.90 Å². The quantitative estimate of drug-likeness (QED) is 0.840. The zero-order valence-electron chi connectivity index (χ0n) is 16.0. The number of aromatic nitrogens is 1. The van der Waals surface area contributed by atoms with Crippen LogP contribution in [0.5, 0.6) is 11.5 Å². The van der Waals surface area contributed by atoms with Gasteiger partial charge in [0.15, 0.2) is 11.5 Å². The third kappa shape index (κ3) is 3.76. The third-order valence-corrected chi connectivity index (χ3v) is 5.25. The molecule has 1 N–H and O–H groups in total. The topological polar surface area (TPSA) is 71.9 Å². The molecule has 1 aliphatic heterocycles.